The number of benzene rings is 2. The van der Waals surface area contributed by atoms with Gasteiger partial charge in [0.2, 0.25) is 5.91 Å². The third kappa shape index (κ3) is 4.16. The second-order valence-electron chi connectivity index (χ2n) is 5.18. The number of amides is 1. The fourth-order valence-electron chi connectivity index (χ4n) is 2.12. The maximum absolute atomic E-state index is 12.3. The fourth-order valence-corrected chi connectivity index (χ4v) is 2.12. The molecule has 2 rings (SSSR count). The molecule has 0 bridgehead atoms. The molecule has 7 heteroatoms. The predicted molar refractivity (Wildman–Crippen MR) is 87.7 cm³/mol. The fraction of sp³-hybridized carbons (Fsp3) is 0.176. The van der Waals surface area contributed by atoms with Crippen molar-refractivity contribution in [1.82, 2.24) is 0 Å². The van der Waals surface area contributed by atoms with Crippen molar-refractivity contribution in [2.45, 2.75) is 20.5 Å². The number of hydrogen-bond acceptors (Lipinski definition) is 5. The normalized spacial score (nSPS) is 10.1. The number of esters is 1. The molecule has 0 saturated carbocycles. The first-order chi connectivity index (χ1) is 11.4. The van der Waals surface area contributed by atoms with Gasteiger partial charge in [-0.05, 0) is 36.2 Å². The van der Waals surface area contributed by atoms with Crippen LogP contribution < -0.4 is 5.32 Å². The Labute approximate surface area is 138 Å². The number of rotatable bonds is 5. The van der Waals surface area contributed by atoms with Gasteiger partial charge in [0.15, 0.2) is 0 Å². The second-order valence-corrected chi connectivity index (χ2v) is 5.18. The van der Waals surface area contributed by atoms with Crippen molar-refractivity contribution in [3.05, 3.63) is 69.3 Å². The van der Waals surface area contributed by atoms with E-state index in [0.29, 0.717) is 11.3 Å². The van der Waals surface area contributed by atoms with Gasteiger partial charge in [-0.1, -0.05) is 12.1 Å². The predicted octanol–water partition coefficient (Wildman–Crippen LogP) is 3.22. The van der Waals surface area contributed by atoms with Gasteiger partial charge in [-0.3, -0.25) is 14.9 Å². The maximum atomic E-state index is 12.3. The van der Waals surface area contributed by atoms with Crippen LogP contribution in [0.25, 0.3) is 0 Å². The number of ether oxygens (including phenoxy) is 1. The molecule has 124 valence electrons. The molecule has 2 aromatic carbocycles. The highest BCUT2D eigenvalue weighted by atomic mass is 16.6. The number of nitro benzene ring substituents is 1. The lowest BCUT2D eigenvalue weighted by Gasteiger charge is -2.12. The average Bonchev–Trinajstić information content (AvgIpc) is 2.54. The van der Waals surface area contributed by atoms with E-state index < -0.39 is 10.9 Å². The van der Waals surface area contributed by atoms with Crippen LogP contribution in [0.5, 0.6) is 0 Å². The summed E-state index contributed by atoms with van der Waals surface area (Å²) < 4.78 is 5.23. The van der Waals surface area contributed by atoms with Crippen molar-refractivity contribution in [3.63, 3.8) is 0 Å². The number of aryl methyl sites for hydroxylation is 1. The summed E-state index contributed by atoms with van der Waals surface area (Å²) >= 11 is 0. The van der Waals surface area contributed by atoms with E-state index in [1.807, 2.05) is 0 Å². The minimum atomic E-state index is -0.583. The van der Waals surface area contributed by atoms with Crippen LogP contribution in [0.4, 0.5) is 11.4 Å². The quantitative estimate of drug-likeness (QED) is 0.516. The molecule has 0 radical (unpaired) electrons. The van der Waals surface area contributed by atoms with Gasteiger partial charge in [0.05, 0.1) is 16.2 Å². The van der Waals surface area contributed by atoms with Crippen LogP contribution in [-0.4, -0.2) is 16.8 Å². The molecule has 0 atom stereocenters. The Bertz CT molecular complexity index is 784. The zero-order valence-electron chi connectivity index (χ0n) is 13.2. The number of nitrogens with zero attached hydrogens (tertiary/aromatic N) is 1. The van der Waals surface area contributed by atoms with Gasteiger partial charge < -0.3 is 10.1 Å². The molecular formula is C17H16N2O5. The Morgan fingerprint density at radius 1 is 1.17 bits per heavy atom. The molecule has 0 aliphatic rings. The number of non-ortho nitro benzene ring substituents is 1. The van der Waals surface area contributed by atoms with Crippen LogP contribution in [0.3, 0.4) is 0 Å². The van der Waals surface area contributed by atoms with Crippen molar-refractivity contribution in [2.24, 2.45) is 0 Å². The molecule has 2 aromatic rings. The summed E-state index contributed by atoms with van der Waals surface area (Å²) in [4.78, 5) is 33.7. The Morgan fingerprint density at radius 3 is 2.42 bits per heavy atom. The van der Waals surface area contributed by atoms with Crippen molar-refractivity contribution < 1.29 is 19.2 Å². The summed E-state index contributed by atoms with van der Waals surface area (Å²) in [5.41, 5.74) is 2.01. The van der Waals surface area contributed by atoms with Gasteiger partial charge in [0.1, 0.15) is 6.61 Å². The lowest BCUT2D eigenvalue weighted by molar-refractivity contribution is -0.384. The van der Waals surface area contributed by atoms with Crippen molar-refractivity contribution in [3.8, 4) is 0 Å². The standard InChI is InChI=1S/C17H16N2O5/c1-11-4-3-5-15(16(11)18-12(2)20)17(21)24-10-13-6-8-14(9-7-13)19(22)23/h3-9H,10H2,1-2H3,(H,18,20). The number of carbonyl (C=O) groups is 2. The van der Waals surface area contributed by atoms with E-state index in [1.165, 1.54) is 31.2 Å². The third-order valence-corrected chi connectivity index (χ3v) is 3.31. The summed E-state index contributed by atoms with van der Waals surface area (Å²) in [6, 6.07) is 10.8. The largest absolute Gasteiger partial charge is 0.457 e. The first-order valence-electron chi connectivity index (χ1n) is 7.16. The number of hydrogen-bond donors (Lipinski definition) is 1. The highest BCUT2D eigenvalue weighted by Gasteiger charge is 2.16. The highest BCUT2D eigenvalue weighted by Crippen LogP contribution is 2.22. The van der Waals surface area contributed by atoms with Gasteiger partial charge in [0.25, 0.3) is 5.69 Å². The molecule has 24 heavy (non-hydrogen) atoms. The molecule has 0 aliphatic carbocycles. The zero-order valence-corrected chi connectivity index (χ0v) is 13.2. The number of nitro groups is 1. The smallest absolute Gasteiger partial charge is 0.340 e. The van der Waals surface area contributed by atoms with E-state index in [4.69, 9.17) is 4.74 Å². The number of anilines is 1. The van der Waals surface area contributed by atoms with Crippen LogP contribution in [0.2, 0.25) is 0 Å². The van der Waals surface area contributed by atoms with Crippen LogP contribution in [0.15, 0.2) is 42.5 Å². The molecule has 1 amide bonds. The molecule has 0 spiro atoms. The molecule has 0 saturated heterocycles. The first-order valence-corrected chi connectivity index (χ1v) is 7.16. The lowest BCUT2D eigenvalue weighted by atomic mass is 10.1. The monoisotopic (exact) mass is 328 g/mol. The van der Waals surface area contributed by atoms with E-state index in [2.05, 4.69) is 5.32 Å². The van der Waals surface area contributed by atoms with Gasteiger partial charge in [-0.2, -0.15) is 0 Å². The second kappa shape index (κ2) is 7.36. The van der Waals surface area contributed by atoms with Crippen molar-refractivity contribution in [2.75, 3.05) is 5.32 Å². The summed E-state index contributed by atoms with van der Waals surface area (Å²) in [7, 11) is 0. The molecule has 0 aliphatic heterocycles. The number of nitrogens with one attached hydrogen (secondary N) is 1. The number of para-hydroxylation sites is 1. The molecular weight excluding hydrogens is 312 g/mol. The topological polar surface area (TPSA) is 98.5 Å². The van der Waals surface area contributed by atoms with E-state index in [1.54, 1.807) is 25.1 Å². The summed E-state index contributed by atoms with van der Waals surface area (Å²) in [6.45, 7) is 3.11. The maximum Gasteiger partial charge on any atom is 0.340 e. The molecule has 1 N–H and O–H groups in total. The van der Waals surface area contributed by atoms with Crippen molar-refractivity contribution >= 4 is 23.3 Å². The average molecular weight is 328 g/mol. The van der Waals surface area contributed by atoms with Crippen LogP contribution in [0, 0.1) is 17.0 Å². The van der Waals surface area contributed by atoms with Gasteiger partial charge in [-0.25, -0.2) is 4.79 Å². The van der Waals surface area contributed by atoms with Gasteiger partial charge in [0, 0.05) is 19.1 Å². The van der Waals surface area contributed by atoms with Crippen LogP contribution in [0.1, 0.15) is 28.4 Å². The number of carbonyl (C=O) groups excluding carboxylic acids is 2. The Hall–Kier alpha value is -3.22. The third-order valence-electron chi connectivity index (χ3n) is 3.31. The minimum Gasteiger partial charge on any atom is -0.457 e. The van der Waals surface area contributed by atoms with E-state index in [0.717, 1.165) is 5.56 Å². The molecule has 0 unspecified atom stereocenters. The van der Waals surface area contributed by atoms with E-state index >= 15 is 0 Å². The molecule has 7 nitrogen and oxygen atoms in total. The summed E-state index contributed by atoms with van der Waals surface area (Å²) in [5.74, 6) is -0.866. The van der Waals surface area contributed by atoms with Crippen LogP contribution in [-0.2, 0) is 16.1 Å². The minimum absolute atomic E-state index is 0.0235. The lowest BCUT2D eigenvalue weighted by Crippen LogP contribution is -2.14. The molecule has 0 aromatic heterocycles. The van der Waals surface area contributed by atoms with Crippen LogP contribution >= 0.6 is 0 Å². The summed E-state index contributed by atoms with van der Waals surface area (Å²) in [5, 5.41) is 13.2. The van der Waals surface area contributed by atoms with E-state index in [9.17, 15) is 19.7 Å². The highest BCUT2D eigenvalue weighted by molar-refractivity contribution is 6.01. The Kier molecular flexibility index (Phi) is 5.26. The van der Waals surface area contributed by atoms with Crippen molar-refractivity contribution in [1.29, 1.82) is 0 Å². The molecule has 0 heterocycles. The first kappa shape index (κ1) is 17.1. The van der Waals surface area contributed by atoms with Gasteiger partial charge in [-0.15, -0.1) is 0 Å². The summed E-state index contributed by atoms with van der Waals surface area (Å²) in [6.07, 6.45) is 0. The Morgan fingerprint density at radius 2 is 1.83 bits per heavy atom. The SMILES string of the molecule is CC(=O)Nc1c(C)cccc1C(=O)OCc1ccc([N+](=O)[O-])cc1. The van der Waals surface area contributed by atoms with E-state index in [-0.39, 0.29) is 23.8 Å². The molecule has 0 fully saturated rings. The zero-order chi connectivity index (χ0) is 17.7. The Balaban J connectivity index is 2.11. The van der Waals surface area contributed by atoms with Gasteiger partial charge >= 0.3 is 5.97 Å².